The van der Waals surface area contributed by atoms with E-state index in [-0.39, 0.29) is 11.7 Å². The second-order valence-electron chi connectivity index (χ2n) is 8.80. The molecule has 2 aromatic heterocycles. The molecular formula is C22H27N5O3S. The molecule has 0 fully saturated rings. The molecule has 1 aliphatic rings. The third kappa shape index (κ3) is 4.56. The molecule has 0 spiro atoms. The number of sulfone groups is 1. The van der Waals surface area contributed by atoms with Crippen LogP contribution in [0.4, 0.5) is 5.82 Å². The summed E-state index contributed by atoms with van der Waals surface area (Å²) in [5, 5.41) is 6.24. The maximum absolute atomic E-state index is 12.2. The molecule has 4 rings (SSSR count). The maximum atomic E-state index is 12.2. The maximum Gasteiger partial charge on any atom is 0.253 e. The van der Waals surface area contributed by atoms with Gasteiger partial charge in [0, 0.05) is 41.7 Å². The summed E-state index contributed by atoms with van der Waals surface area (Å²) < 4.78 is 23.2. The molecule has 1 aliphatic heterocycles. The van der Waals surface area contributed by atoms with Crippen molar-refractivity contribution in [2.24, 2.45) is 0 Å². The molecule has 0 saturated carbocycles. The number of carbonyl (C=O) groups is 1. The lowest BCUT2D eigenvalue weighted by atomic mass is 10.0. The number of aromatic nitrogens is 3. The molecule has 9 heteroatoms. The van der Waals surface area contributed by atoms with E-state index >= 15 is 0 Å². The highest BCUT2D eigenvalue weighted by Gasteiger charge is 2.24. The van der Waals surface area contributed by atoms with Gasteiger partial charge in [-0.1, -0.05) is 12.1 Å². The van der Waals surface area contributed by atoms with Crippen LogP contribution in [-0.2, 0) is 16.3 Å². The van der Waals surface area contributed by atoms with Crippen molar-refractivity contribution < 1.29 is 13.2 Å². The van der Waals surface area contributed by atoms with Crippen LogP contribution in [0.2, 0.25) is 0 Å². The first-order valence-corrected chi connectivity index (χ1v) is 12.3. The number of hydrogen-bond donors (Lipinski definition) is 3. The molecule has 1 aromatic carbocycles. The number of carbonyl (C=O) groups excluding carboxylic acids is 1. The number of benzene rings is 1. The second kappa shape index (κ2) is 7.64. The first kappa shape index (κ1) is 21.3. The molecule has 3 aromatic rings. The summed E-state index contributed by atoms with van der Waals surface area (Å²) in [5.41, 5.74) is 5.02. The first-order valence-electron chi connectivity index (χ1n) is 10.3. The van der Waals surface area contributed by atoms with E-state index in [1.807, 2.05) is 45.0 Å². The van der Waals surface area contributed by atoms with Crippen molar-refractivity contribution in [3.63, 3.8) is 0 Å². The number of rotatable bonds is 6. The number of aryl methyl sites for hydroxylation is 1. The molecule has 0 aliphatic carbocycles. The van der Waals surface area contributed by atoms with Gasteiger partial charge in [-0.2, -0.15) is 0 Å². The Morgan fingerprint density at radius 1 is 1.19 bits per heavy atom. The van der Waals surface area contributed by atoms with Gasteiger partial charge in [0.15, 0.2) is 0 Å². The van der Waals surface area contributed by atoms with Gasteiger partial charge in [0.2, 0.25) is 0 Å². The van der Waals surface area contributed by atoms with E-state index in [9.17, 15) is 13.2 Å². The van der Waals surface area contributed by atoms with Crippen molar-refractivity contribution in [2.45, 2.75) is 39.2 Å². The summed E-state index contributed by atoms with van der Waals surface area (Å²) >= 11 is 0. The average molecular weight is 442 g/mol. The number of para-hydroxylation sites is 1. The fourth-order valence-electron chi connectivity index (χ4n) is 3.76. The average Bonchev–Trinajstić information content (AvgIpc) is 3.12. The molecule has 0 unspecified atom stereocenters. The van der Waals surface area contributed by atoms with Crippen molar-refractivity contribution in [1.82, 2.24) is 20.3 Å². The third-order valence-corrected chi connectivity index (χ3v) is 6.46. The number of hydrogen-bond acceptors (Lipinski definition) is 6. The van der Waals surface area contributed by atoms with E-state index < -0.39 is 15.4 Å². The Hall–Kier alpha value is -2.94. The predicted octanol–water partition coefficient (Wildman–Crippen LogP) is 2.84. The highest BCUT2D eigenvalue weighted by atomic mass is 32.2. The summed E-state index contributed by atoms with van der Waals surface area (Å²) in [6, 6.07) is 7.66. The normalized spacial score (nSPS) is 14.4. The zero-order chi connectivity index (χ0) is 22.4. The minimum atomic E-state index is -3.06. The topological polar surface area (TPSA) is 117 Å². The van der Waals surface area contributed by atoms with E-state index in [0.29, 0.717) is 29.9 Å². The summed E-state index contributed by atoms with van der Waals surface area (Å²) in [7, 11) is -3.06. The SMILES string of the molecule is Cc1nc2cccc(-c3cc4c([nH]3)CCNC4=O)c2nc1NC(C)(C)CCS(C)(=O)=O. The van der Waals surface area contributed by atoms with Gasteiger partial charge in [-0.15, -0.1) is 0 Å². The molecule has 3 N–H and O–H groups in total. The van der Waals surface area contributed by atoms with Crippen LogP contribution in [-0.4, -0.2) is 53.4 Å². The van der Waals surface area contributed by atoms with Gasteiger partial charge in [-0.05, 0) is 39.3 Å². The summed E-state index contributed by atoms with van der Waals surface area (Å²) in [6.45, 7) is 6.41. The van der Waals surface area contributed by atoms with Crippen molar-refractivity contribution in [1.29, 1.82) is 0 Å². The molecule has 164 valence electrons. The Bertz CT molecular complexity index is 1280. The largest absolute Gasteiger partial charge is 0.364 e. The number of H-pyrrole nitrogens is 1. The molecule has 8 nitrogen and oxygen atoms in total. The highest BCUT2D eigenvalue weighted by Crippen LogP contribution is 2.31. The van der Waals surface area contributed by atoms with Crippen molar-refractivity contribution >= 4 is 32.6 Å². The van der Waals surface area contributed by atoms with Crippen LogP contribution in [0.25, 0.3) is 22.3 Å². The number of aromatic amines is 1. The van der Waals surface area contributed by atoms with Crippen LogP contribution in [0, 0.1) is 6.92 Å². The zero-order valence-electron chi connectivity index (χ0n) is 18.2. The quantitative estimate of drug-likeness (QED) is 0.542. The monoisotopic (exact) mass is 441 g/mol. The smallest absolute Gasteiger partial charge is 0.253 e. The van der Waals surface area contributed by atoms with Gasteiger partial charge in [0.1, 0.15) is 21.2 Å². The molecule has 31 heavy (non-hydrogen) atoms. The van der Waals surface area contributed by atoms with E-state index in [1.54, 1.807) is 0 Å². The molecular weight excluding hydrogens is 414 g/mol. The summed E-state index contributed by atoms with van der Waals surface area (Å²) in [5.74, 6) is 0.641. The van der Waals surface area contributed by atoms with Gasteiger partial charge in [-0.25, -0.2) is 18.4 Å². The van der Waals surface area contributed by atoms with Gasteiger partial charge in [-0.3, -0.25) is 4.79 Å². The lowest BCUT2D eigenvalue weighted by Crippen LogP contribution is -2.34. The number of nitrogens with one attached hydrogen (secondary N) is 3. The Morgan fingerprint density at radius 2 is 1.97 bits per heavy atom. The van der Waals surface area contributed by atoms with E-state index in [0.717, 1.165) is 34.6 Å². The number of anilines is 1. The minimum Gasteiger partial charge on any atom is -0.364 e. The Labute approximate surface area is 181 Å². The Balaban J connectivity index is 1.74. The molecule has 0 bridgehead atoms. The van der Waals surface area contributed by atoms with Crippen LogP contribution in [0.5, 0.6) is 0 Å². The van der Waals surface area contributed by atoms with Crippen LogP contribution < -0.4 is 10.6 Å². The number of fused-ring (bicyclic) bond motifs is 2. The zero-order valence-corrected chi connectivity index (χ0v) is 19.0. The minimum absolute atomic E-state index is 0.0686. The Morgan fingerprint density at radius 3 is 2.68 bits per heavy atom. The fraction of sp³-hybridized carbons (Fsp3) is 0.409. The van der Waals surface area contributed by atoms with E-state index in [2.05, 4.69) is 15.6 Å². The third-order valence-electron chi connectivity index (χ3n) is 5.52. The molecule has 1 amide bonds. The van der Waals surface area contributed by atoms with Gasteiger partial charge >= 0.3 is 0 Å². The molecule has 0 atom stereocenters. The van der Waals surface area contributed by atoms with Crippen molar-refractivity contribution in [3.05, 3.63) is 41.2 Å². The van der Waals surface area contributed by atoms with Crippen molar-refractivity contribution in [3.8, 4) is 11.3 Å². The number of amides is 1. The Kier molecular flexibility index (Phi) is 5.25. The van der Waals surface area contributed by atoms with Crippen LogP contribution in [0.15, 0.2) is 24.3 Å². The van der Waals surface area contributed by atoms with E-state index in [1.165, 1.54) is 6.26 Å². The van der Waals surface area contributed by atoms with Crippen molar-refractivity contribution in [2.75, 3.05) is 23.9 Å². The van der Waals surface area contributed by atoms with E-state index in [4.69, 9.17) is 9.97 Å². The molecule has 3 heterocycles. The standard InChI is InChI=1S/C22H27N5O3S/c1-13-20(27-22(2,3)9-11-31(4,29)30)26-19-14(6-5-7-17(19)24-13)18-12-15-16(25-18)8-10-23-21(15)28/h5-7,12,25H,8-11H2,1-4H3,(H,23,28)(H,26,27). The summed E-state index contributed by atoms with van der Waals surface area (Å²) in [4.78, 5) is 25.1. The number of nitrogens with zero attached hydrogens (tertiary/aromatic N) is 2. The van der Waals surface area contributed by atoms with Gasteiger partial charge < -0.3 is 15.6 Å². The fourth-order valence-corrected chi connectivity index (χ4v) is 4.64. The first-order chi connectivity index (χ1) is 14.5. The lowest BCUT2D eigenvalue weighted by Gasteiger charge is -2.27. The highest BCUT2D eigenvalue weighted by molar-refractivity contribution is 7.90. The van der Waals surface area contributed by atoms with Crippen LogP contribution >= 0.6 is 0 Å². The van der Waals surface area contributed by atoms with Crippen LogP contribution in [0.1, 0.15) is 42.0 Å². The molecule has 0 saturated heterocycles. The van der Waals surface area contributed by atoms with Gasteiger partial charge in [0.25, 0.3) is 5.91 Å². The summed E-state index contributed by atoms with van der Waals surface area (Å²) in [6.07, 6.45) is 2.45. The van der Waals surface area contributed by atoms with Crippen LogP contribution in [0.3, 0.4) is 0 Å². The van der Waals surface area contributed by atoms with Gasteiger partial charge in [0.05, 0.1) is 22.5 Å². The lowest BCUT2D eigenvalue weighted by molar-refractivity contribution is 0.0946. The molecule has 0 radical (unpaired) electrons. The second-order valence-corrected chi connectivity index (χ2v) is 11.1. The predicted molar refractivity (Wildman–Crippen MR) is 122 cm³/mol.